The topological polar surface area (TPSA) is 51.8 Å². The summed E-state index contributed by atoms with van der Waals surface area (Å²) in [5.74, 6) is 0. The molecule has 0 saturated heterocycles. The van der Waals surface area contributed by atoms with Gasteiger partial charge in [-0.25, -0.2) is 4.98 Å². The van der Waals surface area contributed by atoms with E-state index < -0.39 is 31.4 Å². The molecule has 0 unspecified atom stereocenters. The van der Waals surface area contributed by atoms with Crippen molar-refractivity contribution in [1.29, 1.82) is 0 Å². The number of nitrogens with zero attached hydrogens (tertiary/aromatic N) is 3. The predicted octanol–water partition coefficient (Wildman–Crippen LogP) is 13.0. The smallest absolute Gasteiger partial charge is 0.216 e. The molecule has 0 fully saturated rings. The van der Waals surface area contributed by atoms with E-state index in [1.165, 1.54) is 6.07 Å². The Balaban J connectivity index is 0.000000227. The molecule has 8 aromatic rings. The van der Waals surface area contributed by atoms with Crippen molar-refractivity contribution in [1.82, 2.24) is 15.0 Å². The number of fused-ring (bicyclic) bond motifs is 3. The zero-order valence-corrected chi connectivity index (χ0v) is 34.7. The van der Waals surface area contributed by atoms with Crippen LogP contribution in [0.5, 0.6) is 0 Å². The van der Waals surface area contributed by atoms with Gasteiger partial charge in [0.25, 0.3) is 0 Å². The number of hydrogen-bond acceptors (Lipinski definition) is 4. The van der Waals surface area contributed by atoms with Gasteiger partial charge in [0.15, 0.2) is 0 Å². The van der Waals surface area contributed by atoms with Crippen LogP contribution in [0.25, 0.3) is 55.7 Å². The normalized spacial score (nSPS) is 14.9. The van der Waals surface area contributed by atoms with Crippen LogP contribution >= 0.6 is 0 Å². The van der Waals surface area contributed by atoms with Crippen molar-refractivity contribution in [3.05, 3.63) is 174 Å². The van der Waals surface area contributed by atoms with E-state index in [9.17, 15) is 0 Å². The maximum atomic E-state index is 8.66. The van der Waals surface area contributed by atoms with Gasteiger partial charge in [0.1, 0.15) is 0 Å². The van der Waals surface area contributed by atoms with E-state index in [1.807, 2.05) is 75.5 Å². The molecule has 4 nitrogen and oxygen atoms in total. The summed E-state index contributed by atoms with van der Waals surface area (Å²) in [6.07, 6.45) is -2.93. The minimum Gasteiger partial charge on any atom is -0.486 e. The molecular weight excluding hydrogens is 863 g/mol. The Bertz CT molecular complexity index is 2920. The first-order valence-corrected chi connectivity index (χ1v) is 18.3. The van der Waals surface area contributed by atoms with Crippen LogP contribution in [0.4, 0.5) is 0 Å². The van der Waals surface area contributed by atoms with Gasteiger partial charge in [-0.2, -0.15) is 0 Å². The van der Waals surface area contributed by atoms with Gasteiger partial charge in [-0.3, -0.25) is 0 Å². The van der Waals surface area contributed by atoms with Crippen LogP contribution in [0.1, 0.15) is 81.8 Å². The molecule has 5 heteroatoms. The summed E-state index contributed by atoms with van der Waals surface area (Å²) in [6.45, 7) is 9.80. The first-order valence-electron chi connectivity index (χ1n) is 22.8. The molecule has 56 heavy (non-hydrogen) atoms. The van der Waals surface area contributed by atoms with Gasteiger partial charge in [-0.1, -0.05) is 149 Å². The maximum Gasteiger partial charge on any atom is 0.216 e. The van der Waals surface area contributed by atoms with Crippen molar-refractivity contribution in [2.24, 2.45) is 5.41 Å². The molecule has 8 rings (SSSR count). The van der Waals surface area contributed by atoms with E-state index >= 15 is 0 Å². The summed E-state index contributed by atoms with van der Waals surface area (Å²) in [7, 11) is 0. The average molecular weight is 921 g/mol. The average Bonchev–Trinajstić information content (AvgIpc) is 3.64. The summed E-state index contributed by atoms with van der Waals surface area (Å²) in [6, 6.07) is 41.6. The molecule has 285 valence electrons. The third-order valence-electron chi connectivity index (χ3n) is 8.88. The quantitative estimate of drug-likeness (QED) is 0.149. The predicted molar refractivity (Wildman–Crippen MR) is 228 cm³/mol. The molecule has 0 aliphatic carbocycles. The SMILES string of the molecule is [2H]C([2H])([2H])c1c[c-]c(-c2ccc(C(C)(C)C)cn2)cc1-c1ccccc1.[2H]C([2H])(c1ccnc(-c2[c-]ccc3c2oc2nc(C([2H])([2H])C([2H])([2H])c4ccccc4)ccc23)c1)C(C)(C)C.[Ir]. The van der Waals surface area contributed by atoms with Crippen molar-refractivity contribution in [2.75, 3.05) is 0 Å². The summed E-state index contributed by atoms with van der Waals surface area (Å²) in [5, 5.41) is 1.38. The minimum atomic E-state index is -2.44. The Morgan fingerprint density at radius 3 is 2.20 bits per heavy atom. The summed E-state index contributed by atoms with van der Waals surface area (Å²) >= 11 is 0. The van der Waals surface area contributed by atoms with Gasteiger partial charge in [0, 0.05) is 55.9 Å². The number of pyridine rings is 3. The second-order valence-electron chi connectivity index (χ2n) is 15.4. The number of hydrogen-bond donors (Lipinski definition) is 0. The van der Waals surface area contributed by atoms with E-state index in [1.54, 1.807) is 66.9 Å². The number of furan rings is 1. The molecule has 0 saturated carbocycles. The van der Waals surface area contributed by atoms with Crippen LogP contribution in [0.3, 0.4) is 0 Å². The van der Waals surface area contributed by atoms with E-state index in [0.717, 1.165) is 27.8 Å². The molecule has 0 aliphatic rings. The molecular formula is C51H49IrN3O-2. The van der Waals surface area contributed by atoms with Crippen molar-refractivity contribution in [3.63, 3.8) is 0 Å². The fourth-order valence-corrected chi connectivity index (χ4v) is 6.11. The number of rotatable bonds is 7. The molecule has 4 aromatic carbocycles. The van der Waals surface area contributed by atoms with Crippen LogP contribution in [-0.2, 0) is 44.6 Å². The summed E-state index contributed by atoms with van der Waals surface area (Å²) in [4.78, 5) is 13.5. The van der Waals surface area contributed by atoms with E-state index in [4.69, 9.17) is 16.8 Å². The molecule has 0 spiro atoms. The zero-order valence-electron chi connectivity index (χ0n) is 41.3. The van der Waals surface area contributed by atoms with Gasteiger partial charge in [-0.05, 0) is 76.2 Å². The molecule has 0 aliphatic heterocycles. The van der Waals surface area contributed by atoms with Gasteiger partial charge < -0.3 is 14.4 Å². The third-order valence-corrected chi connectivity index (χ3v) is 8.88. The minimum absolute atomic E-state index is 0. The number of aryl methyl sites for hydroxylation is 3. The first-order chi connectivity index (χ1) is 29.9. The third kappa shape index (κ3) is 9.77. The first kappa shape index (κ1) is 30.0. The van der Waals surface area contributed by atoms with E-state index in [2.05, 4.69) is 53.9 Å². The van der Waals surface area contributed by atoms with Crippen LogP contribution < -0.4 is 0 Å². The maximum absolute atomic E-state index is 8.66. The standard InChI is InChI=1S/C29H27N2O.C22H22N.Ir/c1-29(2,3)19-21-16-17-30-26(18-21)25-11-7-10-23-24-15-14-22(31-28(24)32-27(23)25)13-12-20-8-5-4-6-9-20;1-16-10-11-18(14-20(16)17-8-6-5-7-9-17)21-13-12-19(15-23-21)22(2,3)4;/h4-10,14-18H,12-13,19H2,1-3H3;5-10,12-15H,1-4H3;/q2*-1;/i12D2,13D2,19D2;1D3;. The van der Waals surface area contributed by atoms with Crippen molar-refractivity contribution >= 4 is 22.1 Å². The Kier molecular flexibility index (Phi) is 9.26. The molecule has 4 aromatic heterocycles. The molecule has 0 amide bonds. The summed E-state index contributed by atoms with van der Waals surface area (Å²) < 4.78 is 81.4. The Labute approximate surface area is 358 Å². The van der Waals surface area contributed by atoms with Gasteiger partial charge in [0.05, 0.1) is 5.58 Å². The van der Waals surface area contributed by atoms with Crippen molar-refractivity contribution in [2.45, 2.75) is 72.9 Å². The monoisotopic (exact) mass is 921 g/mol. The molecule has 1 radical (unpaired) electrons. The second-order valence-corrected chi connectivity index (χ2v) is 15.4. The van der Waals surface area contributed by atoms with Crippen molar-refractivity contribution in [3.8, 4) is 33.6 Å². The van der Waals surface area contributed by atoms with E-state index in [0.29, 0.717) is 38.9 Å². The summed E-state index contributed by atoms with van der Waals surface area (Å²) in [5.41, 5.74) is 6.29. The Morgan fingerprint density at radius 1 is 0.732 bits per heavy atom. The fraction of sp³-hybridized carbons (Fsp3) is 0.235. The van der Waals surface area contributed by atoms with Crippen LogP contribution in [0.15, 0.2) is 138 Å². The van der Waals surface area contributed by atoms with Gasteiger partial charge >= 0.3 is 0 Å². The molecule has 0 bridgehead atoms. The molecule has 0 N–H and O–H groups in total. The number of aromatic nitrogens is 3. The zero-order chi connectivity index (χ0) is 46.5. The molecule has 4 heterocycles. The molecule has 0 atom stereocenters. The van der Waals surface area contributed by atoms with Gasteiger partial charge in [0.2, 0.25) is 5.71 Å². The van der Waals surface area contributed by atoms with Crippen molar-refractivity contribution < 1.29 is 36.9 Å². The number of benzene rings is 4. The van der Waals surface area contributed by atoms with Gasteiger partial charge in [-0.15, -0.1) is 47.5 Å². The second kappa shape index (κ2) is 17.3. The Morgan fingerprint density at radius 2 is 1.50 bits per heavy atom. The van der Waals surface area contributed by atoms with E-state index in [-0.39, 0.29) is 42.5 Å². The Hall–Kier alpha value is -5.22. The largest absolute Gasteiger partial charge is 0.486 e. The van der Waals surface area contributed by atoms with Crippen LogP contribution in [0, 0.1) is 24.4 Å². The van der Waals surface area contributed by atoms with Crippen LogP contribution in [-0.4, -0.2) is 15.0 Å². The van der Waals surface area contributed by atoms with Crippen LogP contribution in [0.2, 0.25) is 0 Å². The fourth-order valence-electron chi connectivity index (χ4n) is 6.11.